The second-order valence-corrected chi connectivity index (χ2v) is 5.06. The predicted octanol–water partition coefficient (Wildman–Crippen LogP) is 2.79. The Morgan fingerprint density at radius 1 is 1.36 bits per heavy atom. The largest absolute Gasteiger partial charge is 0.285 e. The third-order valence-electron chi connectivity index (χ3n) is 2.07. The summed E-state index contributed by atoms with van der Waals surface area (Å²) in [6.07, 6.45) is 3.57. The van der Waals surface area contributed by atoms with Crippen LogP contribution in [0.4, 0.5) is 0 Å². The maximum Gasteiger partial charge on any atom is 0.132 e. The van der Waals surface area contributed by atoms with Gasteiger partial charge in [-0.25, -0.2) is 9.97 Å². The molecule has 0 bridgehead atoms. The molecular formula is C10H12BrN3. The molecule has 0 aliphatic heterocycles. The molecule has 0 spiro atoms. The first-order chi connectivity index (χ1) is 6.50. The Morgan fingerprint density at radius 2 is 2.07 bits per heavy atom. The number of rotatable bonds is 0. The van der Waals surface area contributed by atoms with Crippen molar-refractivity contribution in [3.63, 3.8) is 0 Å². The summed E-state index contributed by atoms with van der Waals surface area (Å²) in [5, 5.41) is 0. The van der Waals surface area contributed by atoms with Crippen LogP contribution in [0.1, 0.15) is 26.6 Å². The Morgan fingerprint density at radius 3 is 2.71 bits per heavy atom. The molecule has 0 aliphatic carbocycles. The fourth-order valence-electron chi connectivity index (χ4n) is 1.43. The van der Waals surface area contributed by atoms with E-state index in [4.69, 9.17) is 0 Å². The summed E-state index contributed by atoms with van der Waals surface area (Å²) >= 11 is 3.45. The first-order valence-electron chi connectivity index (χ1n) is 4.48. The van der Waals surface area contributed by atoms with Gasteiger partial charge in [-0.3, -0.25) is 4.40 Å². The third-order valence-corrected chi connectivity index (χ3v) is 2.66. The van der Waals surface area contributed by atoms with Gasteiger partial charge in [-0.2, -0.15) is 0 Å². The molecule has 74 valence electrons. The third kappa shape index (κ3) is 1.43. The number of nitrogens with zero attached hydrogens (tertiary/aromatic N) is 3. The van der Waals surface area contributed by atoms with Crippen molar-refractivity contribution in [3.8, 4) is 0 Å². The van der Waals surface area contributed by atoms with E-state index in [0.29, 0.717) is 0 Å². The minimum Gasteiger partial charge on any atom is -0.285 e. The highest BCUT2D eigenvalue weighted by molar-refractivity contribution is 9.10. The van der Waals surface area contributed by atoms with Crippen molar-refractivity contribution >= 4 is 21.4 Å². The molecule has 0 N–H and O–H groups in total. The Hall–Kier alpha value is -0.900. The van der Waals surface area contributed by atoms with Crippen LogP contribution < -0.4 is 0 Å². The van der Waals surface area contributed by atoms with E-state index >= 15 is 0 Å². The number of imidazole rings is 1. The van der Waals surface area contributed by atoms with E-state index in [9.17, 15) is 0 Å². The first-order valence-corrected chi connectivity index (χ1v) is 5.27. The molecule has 0 saturated heterocycles. The summed E-state index contributed by atoms with van der Waals surface area (Å²) in [4.78, 5) is 8.60. The van der Waals surface area contributed by atoms with Gasteiger partial charge in [0.05, 0.1) is 5.52 Å². The molecule has 3 nitrogen and oxygen atoms in total. The average molecular weight is 254 g/mol. The number of hydrogen-bond donors (Lipinski definition) is 0. The Bertz CT molecular complexity index is 468. The van der Waals surface area contributed by atoms with Gasteiger partial charge in [0.15, 0.2) is 0 Å². The van der Waals surface area contributed by atoms with E-state index in [-0.39, 0.29) is 5.41 Å². The summed E-state index contributed by atoms with van der Waals surface area (Å²) in [6, 6.07) is 1.95. The van der Waals surface area contributed by atoms with Crippen molar-refractivity contribution in [1.29, 1.82) is 0 Å². The van der Waals surface area contributed by atoms with Crippen molar-refractivity contribution in [2.24, 2.45) is 0 Å². The van der Waals surface area contributed by atoms with Gasteiger partial charge in [0.25, 0.3) is 0 Å². The second-order valence-electron chi connectivity index (χ2n) is 4.31. The minimum atomic E-state index is 0.0258. The summed E-state index contributed by atoms with van der Waals surface area (Å²) in [5.74, 6) is 1.02. The van der Waals surface area contributed by atoms with Crippen LogP contribution in [0.25, 0.3) is 5.52 Å². The Kier molecular flexibility index (Phi) is 2.10. The van der Waals surface area contributed by atoms with Crippen LogP contribution in [0.15, 0.2) is 23.2 Å². The smallest absolute Gasteiger partial charge is 0.132 e. The predicted molar refractivity (Wildman–Crippen MR) is 59.4 cm³/mol. The summed E-state index contributed by atoms with van der Waals surface area (Å²) in [6.45, 7) is 6.42. The van der Waals surface area contributed by atoms with Gasteiger partial charge >= 0.3 is 0 Å². The van der Waals surface area contributed by atoms with Gasteiger partial charge in [-0.1, -0.05) is 20.8 Å². The van der Waals surface area contributed by atoms with Crippen LogP contribution in [0.2, 0.25) is 0 Å². The molecule has 0 unspecified atom stereocenters. The van der Waals surface area contributed by atoms with Crippen LogP contribution in [0.5, 0.6) is 0 Å². The molecule has 14 heavy (non-hydrogen) atoms. The molecule has 2 aromatic heterocycles. The van der Waals surface area contributed by atoms with Gasteiger partial charge in [-0.15, -0.1) is 0 Å². The van der Waals surface area contributed by atoms with Gasteiger partial charge < -0.3 is 0 Å². The summed E-state index contributed by atoms with van der Waals surface area (Å²) in [7, 11) is 0. The molecule has 0 aromatic carbocycles. The van der Waals surface area contributed by atoms with Crippen LogP contribution >= 0.6 is 15.9 Å². The summed E-state index contributed by atoms with van der Waals surface area (Å²) in [5.41, 5.74) is 1.09. The average Bonchev–Trinajstić information content (AvgIpc) is 2.44. The molecule has 0 saturated carbocycles. The minimum absolute atomic E-state index is 0.0258. The highest BCUT2D eigenvalue weighted by Crippen LogP contribution is 2.26. The molecule has 0 radical (unpaired) electrons. The lowest BCUT2D eigenvalue weighted by molar-refractivity contribution is 0.541. The lowest BCUT2D eigenvalue weighted by atomic mass is 9.96. The summed E-state index contributed by atoms with van der Waals surface area (Å²) < 4.78 is 2.90. The van der Waals surface area contributed by atoms with Gasteiger partial charge in [0.2, 0.25) is 0 Å². The zero-order chi connectivity index (χ0) is 10.3. The maximum atomic E-state index is 4.50. The quantitative estimate of drug-likeness (QED) is 0.723. The molecule has 0 fully saturated rings. The van der Waals surface area contributed by atoms with Gasteiger partial charge in [0.1, 0.15) is 16.8 Å². The molecule has 0 amide bonds. The van der Waals surface area contributed by atoms with E-state index in [2.05, 4.69) is 46.7 Å². The zero-order valence-electron chi connectivity index (χ0n) is 8.45. The van der Waals surface area contributed by atoms with Crippen LogP contribution in [0, 0.1) is 0 Å². The Labute approximate surface area is 91.3 Å². The van der Waals surface area contributed by atoms with Crippen molar-refractivity contribution < 1.29 is 0 Å². The number of aromatic nitrogens is 3. The number of halogens is 1. The molecule has 0 atom stereocenters. The van der Waals surface area contributed by atoms with Crippen LogP contribution in [-0.4, -0.2) is 14.4 Å². The van der Waals surface area contributed by atoms with Crippen molar-refractivity contribution in [3.05, 3.63) is 29.0 Å². The number of fused-ring (bicyclic) bond motifs is 1. The molecule has 2 heterocycles. The lowest BCUT2D eigenvalue weighted by Crippen LogP contribution is -2.15. The molecule has 0 aliphatic rings. The standard InChI is InChI=1S/C10H12BrN3/c1-10(2,3)9-13-8(11)7-4-5-12-6-14(7)9/h4-6H,1-3H3. The van der Waals surface area contributed by atoms with E-state index in [0.717, 1.165) is 15.9 Å². The van der Waals surface area contributed by atoms with E-state index in [1.54, 1.807) is 12.5 Å². The maximum absolute atomic E-state index is 4.50. The van der Waals surface area contributed by atoms with E-state index in [1.165, 1.54) is 0 Å². The van der Waals surface area contributed by atoms with E-state index < -0.39 is 0 Å². The highest BCUT2D eigenvalue weighted by Gasteiger charge is 2.21. The highest BCUT2D eigenvalue weighted by atomic mass is 79.9. The Balaban J connectivity index is 2.80. The van der Waals surface area contributed by atoms with Crippen molar-refractivity contribution in [2.75, 3.05) is 0 Å². The van der Waals surface area contributed by atoms with Gasteiger partial charge in [0, 0.05) is 11.6 Å². The zero-order valence-corrected chi connectivity index (χ0v) is 10.0. The monoisotopic (exact) mass is 253 g/mol. The van der Waals surface area contributed by atoms with Crippen molar-refractivity contribution in [1.82, 2.24) is 14.4 Å². The molecule has 2 rings (SSSR count). The van der Waals surface area contributed by atoms with Crippen LogP contribution in [-0.2, 0) is 5.41 Å². The van der Waals surface area contributed by atoms with Crippen molar-refractivity contribution in [2.45, 2.75) is 26.2 Å². The van der Waals surface area contributed by atoms with Crippen LogP contribution in [0.3, 0.4) is 0 Å². The normalized spacial score (nSPS) is 12.3. The molecule has 2 aromatic rings. The van der Waals surface area contributed by atoms with Gasteiger partial charge in [-0.05, 0) is 22.0 Å². The SMILES string of the molecule is CC(C)(C)c1nc(Br)c2ccncn12. The topological polar surface area (TPSA) is 30.2 Å². The fraction of sp³-hybridized carbons (Fsp3) is 0.400. The lowest BCUT2D eigenvalue weighted by Gasteiger charge is -2.16. The second kappa shape index (κ2) is 3.05. The molecule has 4 heteroatoms. The fourth-order valence-corrected chi connectivity index (χ4v) is 1.92. The van der Waals surface area contributed by atoms with E-state index in [1.807, 2.05) is 10.5 Å². The molecular weight excluding hydrogens is 242 g/mol. The first kappa shape index (κ1) is 9.65. The number of hydrogen-bond acceptors (Lipinski definition) is 2.